The smallest absolute Gasteiger partial charge is 0.0830 e. The minimum absolute atomic E-state index is 0.388. The first kappa shape index (κ1) is 12.3. The molecule has 0 aliphatic carbocycles. The van der Waals surface area contributed by atoms with Gasteiger partial charge in [0.05, 0.1) is 6.10 Å². The molecule has 1 aromatic carbocycles. The van der Waals surface area contributed by atoms with Crippen molar-refractivity contribution >= 4 is 11.3 Å². The molecule has 0 spiro atoms. The molecular formula is C15H18OS. The van der Waals surface area contributed by atoms with Crippen LogP contribution >= 0.6 is 11.3 Å². The summed E-state index contributed by atoms with van der Waals surface area (Å²) in [6.45, 7) is 2.18. The van der Waals surface area contributed by atoms with Crippen LogP contribution in [0.5, 0.6) is 0 Å². The minimum atomic E-state index is -0.388. The standard InChI is InChI=1S/C15H18OS/c1-2-4-12-5-3-6-14(9-12)15(16)10-13-7-8-17-11-13/h3,5-9,11,15-16H,2,4,10H2,1H3. The molecular weight excluding hydrogens is 228 g/mol. The van der Waals surface area contributed by atoms with Gasteiger partial charge in [0.25, 0.3) is 0 Å². The second kappa shape index (κ2) is 5.99. The number of hydrogen-bond acceptors (Lipinski definition) is 2. The molecule has 17 heavy (non-hydrogen) atoms. The van der Waals surface area contributed by atoms with Crippen LogP contribution in [-0.4, -0.2) is 5.11 Å². The van der Waals surface area contributed by atoms with Gasteiger partial charge in [0.1, 0.15) is 0 Å². The molecule has 0 saturated carbocycles. The number of thiophene rings is 1. The highest BCUT2D eigenvalue weighted by Gasteiger charge is 2.09. The van der Waals surface area contributed by atoms with Gasteiger partial charge in [-0.1, -0.05) is 37.6 Å². The molecule has 0 aliphatic rings. The molecule has 0 amide bonds. The minimum Gasteiger partial charge on any atom is -0.388 e. The van der Waals surface area contributed by atoms with Gasteiger partial charge in [-0.3, -0.25) is 0 Å². The summed E-state index contributed by atoms with van der Waals surface area (Å²) in [6.07, 6.45) is 2.55. The van der Waals surface area contributed by atoms with Crippen molar-refractivity contribution < 1.29 is 5.11 Å². The monoisotopic (exact) mass is 246 g/mol. The topological polar surface area (TPSA) is 20.2 Å². The maximum atomic E-state index is 10.2. The molecule has 2 rings (SSSR count). The predicted molar refractivity (Wildman–Crippen MR) is 73.4 cm³/mol. The highest BCUT2D eigenvalue weighted by atomic mass is 32.1. The van der Waals surface area contributed by atoms with E-state index in [9.17, 15) is 5.11 Å². The van der Waals surface area contributed by atoms with Gasteiger partial charge in [0.15, 0.2) is 0 Å². The molecule has 1 unspecified atom stereocenters. The summed E-state index contributed by atoms with van der Waals surface area (Å²) in [5.41, 5.74) is 3.56. The van der Waals surface area contributed by atoms with E-state index in [0.717, 1.165) is 18.4 Å². The predicted octanol–water partition coefficient (Wildman–Crippen LogP) is 3.98. The van der Waals surface area contributed by atoms with E-state index in [2.05, 4.69) is 35.9 Å². The fraction of sp³-hybridized carbons (Fsp3) is 0.333. The van der Waals surface area contributed by atoms with Crippen LogP contribution in [0.25, 0.3) is 0 Å². The number of aliphatic hydroxyl groups excluding tert-OH is 1. The number of aryl methyl sites for hydroxylation is 1. The molecule has 1 aromatic heterocycles. The molecule has 1 nitrogen and oxygen atoms in total. The van der Waals surface area contributed by atoms with Gasteiger partial charge >= 0.3 is 0 Å². The first-order chi connectivity index (χ1) is 8.29. The van der Waals surface area contributed by atoms with E-state index in [1.54, 1.807) is 11.3 Å². The van der Waals surface area contributed by atoms with Crippen LogP contribution in [-0.2, 0) is 12.8 Å². The van der Waals surface area contributed by atoms with Crippen LogP contribution in [0, 0.1) is 0 Å². The van der Waals surface area contributed by atoms with Crippen LogP contribution in [0.2, 0.25) is 0 Å². The molecule has 2 aromatic rings. The number of rotatable bonds is 5. The Kier molecular flexibility index (Phi) is 4.35. The van der Waals surface area contributed by atoms with Gasteiger partial charge in [-0.25, -0.2) is 0 Å². The van der Waals surface area contributed by atoms with E-state index in [0.29, 0.717) is 6.42 Å². The van der Waals surface area contributed by atoms with Crippen LogP contribution in [0.1, 0.15) is 36.1 Å². The van der Waals surface area contributed by atoms with Gasteiger partial charge in [-0.15, -0.1) is 0 Å². The van der Waals surface area contributed by atoms with Crippen molar-refractivity contribution in [1.29, 1.82) is 0 Å². The van der Waals surface area contributed by atoms with Gasteiger partial charge < -0.3 is 5.11 Å². The summed E-state index contributed by atoms with van der Waals surface area (Å²) in [5.74, 6) is 0. The lowest BCUT2D eigenvalue weighted by molar-refractivity contribution is 0.178. The third kappa shape index (κ3) is 3.42. The normalized spacial score (nSPS) is 12.6. The third-order valence-electron chi connectivity index (χ3n) is 2.88. The van der Waals surface area contributed by atoms with Crippen molar-refractivity contribution in [3.8, 4) is 0 Å². The Labute approximate surface area is 107 Å². The van der Waals surface area contributed by atoms with E-state index in [1.807, 2.05) is 12.1 Å². The average molecular weight is 246 g/mol. The molecule has 90 valence electrons. The van der Waals surface area contributed by atoms with Crippen LogP contribution in [0.4, 0.5) is 0 Å². The Morgan fingerprint density at radius 1 is 1.24 bits per heavy atom. The molecule has 0 radical (unpaired) electrons. The molecule has 0 bridgehead atoms. The van der Waals surface area contributed by atoms with Crippen molar-refractivity contribution in [3.63, 3.8) is 0 Å². The summed E-state index contributed by atoms with van der Waals surface area (Å²) in [4.78, 5) is 0. The summed E-state index contributed by atoms with van der Waals surface area (Å²) < 4.78 is 0. The second-order valence-electron chi connectivity index (χ2n) is 4.35. The molecule has 0 fully saturated rings. The summed E-state index contributed by atoms with van der Waals surface area (Å²) in [7, 11) is 0. The Bertz CT molecular complexity index is 448. The zero-order chi connectivity index (χ0) is 12.1. The van der Waals surface area contributed by atoms with Gasteiger partial charge in [0.2, 0.25) is 0 Å². The Balaban J connectivity index is 2.07. The molecule has 0 aliphatic heterocycles. The van der Waals surface area contributed by atoms with Crippen LogP contribution in [0.3, 0.4) is 0 Å². The lowest BCUT2D eigenvalue weighted by Crippen LogP contribution is -2.01. The lowest BCUT2D eigenvalue weighted by Gasteiger charge is -2.11. The van der Waals surface area contributed by atoms with Gasteiger partial charge in [-0.2, -0.15) is 11.3 Å². The van der Waals surface area contributed by atoms with E-state index in [-0.39, 0.29) is 6.10 Å². The molecule has 1 atom stereocenters. The summed E-state index contributed by atoms with van der Waals surface area (Å²) >= 11 is 1.68. The first-order valence-electron chi connectivity index (χ1n) is 6.07. The van der Waals surface area contributed by atoms with E-state index < -0.39 is 0 Å². The number of aliphatic hydroxyl groups is 1. The van der Waals surface area contributed by atoms with E-state index in [1.165, 1.54) is 11.1 Å². The highest BCUT2D eigenvalue weighted by Crippen LogP contribution is 2.21. The largest absolute Gasteiger partial charge is 0.388 e. The number of hydrogen-bond donors (Lipinski definition) is 1. The fourth-order valence-corrected chi connectivity index (χ4v) is 2.68. The lowest BCUT2D eigenvalue weighted by atomic mass is 10.00. The Morgan fingerprint density at radius 2 is 2.12 bits per heavy atom. The third-order valence-corrected chi connectivity index (χ3v) is 3.62. The van der Waals surface area contributed by atoms with Gasteiger partial charge in [-0.05, 0) is 39.9 Å². The Morgan fingerprint density at radius 3 is 2.82 bits per heavy atom. The SMILES string of the molecule is CCCc1cccc(C(O)Cc2ccsc2)c1. The number of benzene rings is 1. The fourth-order valence-electron chi connectivity index (χ4n) is 1.99. The van der Waals surface area contributed by atoms with E-state index in [4.69, 9.17) is 0 Å². The van der Waals surface area contributed by atoms with E-state index >= 15 is 0 Å². The molecule has 2 heteroatoms. The maximum absolute atomic E-state index is 10.2. The molecule has 1 heterocycles. The Hall–Kier alpha value is -1.12. The average Bonchev–Trinajstić information content (AvgIpc) is 2.83. The summed E-state index contributed by atoms with van der Waals surface area (Å²) in [5, 5.41) is 14.3. The quantitative estimate of drug-likeness (QED) is 0.846. The van der Waals surface area contributed by atoms with Crippen molar-refractivity contribution in [2.24, 2.45) is 0 Å². The van der Waals surface area contributed by atoms with Crippen LogP contribution in [0.15, 0.2) is 41.1 Å². The zero-order valence-electron chi connectivity index (χ0n) is 10.1. The summed E-state index contributed by atoms with van der Waals surface area (Å²) in [6, 6.07) is 10.4. The highest BCUT2D eigenvalue weighted by molar-refractivity contribution is 7.07. The van der Waals surface area contributed by atoms with Gasteiger partial charge in [0, 0.05) is 6.42 Å². The maximum Gasteiger partial charge on any atom is 0.0830 e. The van der Waals surface area contributed by atoms with Crippen LogP contribution < -0.4 is 0 Å². The van der Waals surface area contributed by atoms with Crippen molar-refractivity contribution in [1.82, 2.24) is 0 Å². The zero-order valence-corrected chi connectivity index (χ0v) is 10.9. The van der Waals surface area contributed by atoms with Crippen molar-refractivity contribution in [2.45, 2.75) is 32.3 Å². The molecule has 0 saturated heterocycles. The van der Waals surface area contributed by atoms with Crippen molar-refractivity contribution in [3.05, 3.63) is 57.8 Å². The second-order valence-corrected chi connectivity index (χ2v) is 5.13. The molecule has 1 N–H and O–H groups in total. The van der Waals surface area contributed by atoms with Crippen molar-refractivity contribution in [2.75, 3.05) is 0 Å². The first-order valence-corrected chi connectivity index (χ1v) is 7.02.